The van der Waals surface area contributed by atoms with E-state index in [-0.39, 0.29) is 57.8 Å². The second kappa shape index (κ2) is 17.6. The minimum absolute atomic E-state index is 0. The fraction of sp³-hybridized carbons (Fsp3) is 1.00. The van der Waals surface area contributed by atoms with Gasteiger partial charge < -0.3 is 9.66 Å². The standard InChI is InChI=1S/C19H40O4S.K/c1-3-4-5-6-7-8-9-10-11-12-13-14-15-16-17-18-19(2,20)24(21,22)23;/h20H,3-18H2,1-2H3,(H,21,22,23);/q;+1/p-1. The number of unbranched alkanes of at least 4 members (excludes halogenated alkanes) is 14. The van der Waals surface area contributed by atoms with Gasteiger partial charge in [0.1, 0.15) is 10.1 Å². The van der Waals surface area contributed by atoms with Gasteiger partial charge in [0.25, 0.3) is 0 Å². The molecule has 0 saturated carbocycles. The summed E-state index contributed by atoms with van der Waals surface area (Å²) in [6, 6.07) is 0. The van der Waals surface area contributed by atoms with Crippen molar-refractivity contribution in [3.8, 4) is 0 Å². The van der Waals surface area contributed by atoms with E-state index in [1.807, 2.05) is 0 Å². The molecule has 0 aliphatic heterocycles. The second-order valence-electron chi connectivity index (χ2n) is 7.33. The van der Waals surface area contributed by atoms with Crippen molar-refractivity contribution in [2.75, 3.05) is 0 Å². The molecule has 0 bridgehead atoms. The van der Waals surface area contributed by atoms with Crippen LogP contribution in [0, 0.1) is 0 Å². The Kier molecular flexibility index (Phi) is 20.2. The maximum Gasteiger partial charge on any atom is 1.00 e. The Morgan fingerprint density at radius 2 is 1.00 bits per heavy atom. The van der Waals surface area contributed by atoms with Crippen molar-refractivity contribution in [3.63, 3.8) is 0 Å². The number of rotatable bonds is 17. The molecule has 0 fully saturated rings. The van der Waals surface area contributed by atoms with Crippen LogP contribution < -0.4 is 51.4 Å². The molecule has 0 amide bonds. The van der Waals surface area contributed by atoms with Crippen LogP contribution in [0.4, 0.5) is 0 Å². The predicted octanol–water partition coefficient (Wildman–Crippen LogP) is 2.51. The van der Waals surface area contributed by atoms with Crippen molar-refractivity contribution >= 4 is 10.1 Å². The molecule has 0 aromatic heterocycles. The fourth-order valence-corrected chi connectivity index (χ4v) is 3.34. The van der Waals surface area contributed by atoms with E-state index in [1.54, 1.807) is 0 Å². The van der Waals surface area contributed by atoms with Gasteiger partial charge in [-0.2, -0.15) is 0 Å². The van der Waals surface area contributed by atoms with Gasteiger partial charge in [0.05, 0.1) is 0 Å². The first-order valence-corrected chi connectivity index (χ1v) is 11.4. The smallest absolute Gasteiger partial charge is 0.746 e. The van der Waals surface area contributed by atoms with Crippen LogP contribution in [0.25, 0.3) is 0 Å². The summed E-state index contributed by atoms with van der Waals surface area (Å²) in [5, 5.41) is 9.55. The average Bonchev–Trinajstić information content (AvgIpc) is 2.50. The van der Waals surface area contributed by atoms with E-state index in [4.69, 9.17) is 0 Å². The zero-order chi connectivity index (χ0) is 18.3. The fourth-order valence-electron chi connectivity index (χ4n) is 2.95. The van der Waals surface area contributed by atoms with E-state index >= 15 is 0 Å². The minimum atomic E-state index is -4.62. The Bertz CT molecular complexity index is 383. The Balaban J connectivity index is 0. The van der Waals surface area contributed by atoms with Gasteiger partial charge in [0.15, 0.2) is 4.93 Å². The summed E-state index contributed by atoms with van der Waals surface area (Å²) in [5.74, 6) is 0. The summed E-state index contributed by atoms with van der Waals surface area (Å²) in [5.41, 5.74) is 0. The van der Waals surface area contributed by atoms with Crippen LogP contribution in [0.1, 0.15) is 117 Å². The van der Waals surface area contributed by atoms with Crippen LogP contribution >= 0.6 is 0 Å². The molecule has 0 aromatic rings. The van der Waals surface area contributed by atoms with Crippen LogP contribution in [0.5, 0.6) is 0 Å². The van der Waals surface area contributed by atoms with E-state index in [0.717, 1.165) is 26.2 Å². The number of aliphatic hydroxyl groups is 1. The molecule has 0 radical (unpaired) electrons. The molecule has 0 aliphatic carbocycles. The van der Waals surface area contributed by atoms with E-state index in [0.29, 0.717) is 6.42 Å². The zero-order valence-corrected chi connectivity index (χ0v) is 20.8. The average molecular weight is 403 g/mol. The molecule has 0 spiro atoms. The third kappa shape index (κ3) is 17.3. The Labute approximate surface area is 199 Å². The van der Waals surface area contributed by atoms with E-state index < -0.39 is 15.1 Å². The summed E-state index contributed by atoms with van der Waals surface area (Å²) in [7, 11) is -4.62. The number of hydrogen-bond acceptors (Lipinski definition) is 4. The van der Waals surface area contributed by atoms with Crippen molar-refractivity contribution < 1.29 is 69.5 Å². The maximum atomic E-state index is 10.8. The molecule has 0 heterocycles. The van der Waals surface area contributed by atoms with Crippen molar-refractivity contribution in [3.05, 3.63) is 0 Å². The molecular weight excluding hydrogens is 363 g/mol. The molecule has 4 nitrogen and oxygen atoms in total. The Hall–Kier alpha value is 1.51. The van der Waals surface area contributed by atoms with Gasteiger partial charge in [0, 0.05) is 0 Å². The SMILES string of the molecule is CCCCCCCCCCCCCCCCCC(C)(O)S(=O)(=O)[O-].[K+]. The summed E-state index contributed by atoms with van der Waals surface area (Å²) >= 11 is 0. The zero-order valence-electron chi connectivity index (χ0n) is 16.9. The van der Waals surface area contributed by atoms with E-state index in [1.165, 1.54) is 70.6 Å². The van der Waals surface area contributed by atoms with E-state index in [9.17, 15) is 18.1 Å². The molecule has 1 unspecified atom stereocenters. The van der Waals surface area contributed by atoms with Crippen LogP contribution in [0.2, 0.25) is 0 Å². The van der Waals surface area contributed by atoms with Gasteiger partial charge >= 0.3 is 51.4 Å². The quantitative estimate of drug-likeness (QED) is 0.230. The molecular formula is C19H39KO4S. The monoisotopic (exact) mass is 402 g/mol. The van der Waals surface area contributed by atoms with Gasteiger partial charge in [-0.25, -0.2) is 8.42 Å². The number of hydrogen-bond donors (Lipinski definition) is 1. The van der Waals surface area contributed by atoms with Gasteiger partial charge in [0.2, 0.25) is 0 Å². The third-order valence-electron chi connectivity index (χ3n) is 4.78. The van der Waals surface area contributed by atoms with Crippen LogP contribution in [-0.2, 0) is 10.1 Å². The molecule has 6 heteroatoms. The second-order valence-corrected chi connectivity index (χ2v) is 9.12. The Morgan fingerprint density at radius 3 is 1.28 bits per heavy atom. The van der Waals surface area contributed by atoms with Gasteiger partial charge in [-0.05, 0) is 19.8 Å². The van der Waals surface area contributed by atoms with Crippen LogP contribution in [-0.4, -0.2) is 23.0 Å². The van der Waals surface area contributed by atoms with Gasteiger partial charge in [-0.3, -0.25) is 0 Å². The molecule has 25 heavy (non-hydrogen) atoms. The first-order chi connectivity index (χ1) is 11.3. The summed E-state index contributed by atoms with van der Waals surface area (Å²) in [6.45, 7) is 3.35. The minimum Gasteiger partial charge on any atom is -0.746 e. The summed E-state index contributed by atoms with van der Waals surface area (Å²) in [6.07, 6.45) is 18.5. The Morgan fingerprint density at radius 1 is 0.720 bits per heavy atom. The predicted molar refractivity (Wildman–Crippen MR) is 99.9 cm³/mol. The topological polar surface area (TPSA) is 77.4 Å². The molecule has 0 aliphatic rings. The summed E-state index contributed by atoms with van der Waals surface area (Å²) in [4.78, 5) is -2.11. The molecule has 0 aromatic carbocycles. The van der Waals surface area contributed by atoms with Crippen molar-refractivity contribution in [1.29, 1.82) is 0 Å². The normalized spacial score (nSPS) is 14.1. The molecule has 1 N–H and O–H groups in total. The maximum absolute atomic E-state index is 10.8. The van der Waals surface area contributed by atoms with Crippen LogP contribution in [0.3, 0.4) is 0 Å². The summed E-state index contributed by atoms with van der Waals surface area (Å²) < 4.78 is 32.5. The largest absolute Gasteiger partial charge is 1.00 e. The molecule has 146 valence electrons. The third-order valence-corrected chi connectivity index (χ3v) is 6.06. The first-order valence-electron chi connectivity index (χ1n) is 9.99. The molecule has 0 rings (SSSR count). The first kappa shape index (κ1) is 28.7. The van der Waals surface area contributed by atoms with Gasteiger partial charge in [-0.15, -0.1) is 0 Å². The van der Waals surface area contributed by atoms with Crippen LogP contribution in [0.15, 0.2) is 0 Å². The molecule has 1 atom stereocenters. The van der Waals surface area contributed by atoms with Crippen molar-refractivity contribution in [2.24, 2.45) is 0 Å². The van der Waals surface area contributed by atoms with Gasteiger partial charge in [-0.1, -0.05) is 96.8 Å². The van der Waals surface area contributed by atoms with E-state index in [2.05, 4.69) is 6.92 Å². The molecule has 0 saturated heterocycles. The van der Waals surface area contributed by atoms with Crippen molar-refractivity contribution in [2.45, 2.75) is 122 Å². The van der Waals surface area contributed by atoms with Crippen molar-refractivity contribution in [1.82, 2.24) is 0 Å².